The number of benzene rings is 1. The molecule has 6 rings (SSSR count). The Labute approximate surface area is 174 Å². The number of fused-ring (bicyclic) bond motifs is 6. The molecular weight excluding hydrogens is 356 g/mol. The van der Waals surface area contributed by atoms with Crippen LogP contribution >= 0.6 is 0 Å². The van der Waals surface area contributed by atoms with Crippen molar-refractivity contribution < 1.29 is 5.11 Å². The number of para-hydroxylation sites is 2. The maximum absolute atomic E-state index is 10.2. The molecule has 0 bridgehead atoms. The first-order valence-corrected chi connectivity index (χ1v) is 11.8. The van der Waals surface area contributed by atoms with Gasteiger partial charge >= 0.3 is 0 Å². The fourth-order valence-corrected chi connectivity index (χ4v) is 8.37. The van der Waals surface area contributed by atoms with E-state index in [-0.39, 0.29) is 6.10 Å². The first-order valence-electron chi connectivity index (χ1n) is 11.8. The van der Waals surface area contributed by atoms with Gasteiger partial charge in [-0.25, -0.2) is 4.98 Å². The van der Waals surface area contributed by atoms with Crippen LogP contribution in [0.3, 0.4) is 0 Å². The Balaban J connectivity index is 1.35. The first-order chi connectivity index (χ1) is 14.0. The van der Waals surface area contributed by atoms with Gasteiger partial charge in [-0.3, -0.25) is 0 Å². The minimum atomic E-state index is -0.200. The summed E-state index contributed by atoms with van der Waals surface area (Å²) < 4.78 is 2.52. The Morgan fingerprint density at radius 2 is 1.86 bits per heavy atom. The van der Waals surface area contributed by atoms with E-state index >= 15 is 0 Å². The number of rotatable bonds is 1. The number of nitrogens with zero attached hydrogens (tertiary/aromatic N) is 2. The van der Waals surface area contributed by atoms with E-state index < -0.39 is 0 Å². The summed E-state index contributed by atoms with van der Waals surface area (Å²) in [6.07, 6.45) is 14.2. The lowest BCUT2D eigenvalue weighted by atomic mass is 9.47. The molecule has 4 aliphatic rings. The predicted octanol–water partition coefficient (Wildman–Crippen LogP) is 5.90. The summed E-state index contributed by atoms with van der Waals surface area (Å²) in [4.78, 5) is 4.72. The average Bonchev–Trinajstić information content (AvgIpc) is 3.29. The molecule has 154 valence electrons. The topological polar surface area (TPSA) is 38.0 Å². The molecule has 0 radical (unpaired) electrons. The lowest BCUT2D eigenvalue weighted by Crippen LogP contribution is -2.50. The quantitative estimate of drug-likeness (QED) is 0.616. The van der Waals surface area contributed by atoms with Gasteiger partial charge in [0.1, 0.15) is 0 Å². The SMILES string of the molecule is CC12CCC(O)C=C1CCC1C2CCC2(C)C1CCC2n1cnc2ccccc21. The second kappa shape index (κ2) is 6.20. The maximum atomic E-state index is 10.2. The third kappa shape index (κ3) is 2.43. The van der Waals surface area contributed by atoms with Crippen LogP contribution in [0, 0.1) is 28.6 Å². The van der Waals surface area contributed by atoms with Crippen LogP contribution in [0.5, 0.6) is 0 Å². The number of allylic oxidation sites excluding steroid dienone is 1. The molecule has 3 fully saturated rings. The second-order valence-electron chi connectivity index (χ2n) is 10.9. The third-order valence-corrected chi connectivity index (χ3v) is 9.86. The van der Waals surface area contributed by atoms with Crippen molar-refractivity contribution >= 4 is 11.0 Å². The van der Waals surface area contributed by atoms with Crippen LogP contribution in [0.1, 0.15) is 71.3 Å². The lowest BCUT2D eigenvalue weighted by Gasteiger charge is -2.58. The summed E-state index contributed by atoms with van der Waals surface area (Å²) in [5.41, 5.74) is 4.74. The molecular formula is C26H34N2O. The molecule has 0 aliphatic heterocycles. The van der Waals surface area contributed by atoms with Gasteiger partial charge in [-0.1, -0.05) is 37.6 Å². The van der Waals surface area contributed by atoms with Crippen molar-refractivity contribution in [3.63, 3.8) is 0 Å². The van der Waals surface area contributed by atoms with Crippen LogP contribution < -0.4 is 0 Å². The van der Waals surface area contributed by atoms with Gasteiger partial charge < -0.3 is 9.67 Å². The molecule has 7 unspecified atom stereocenters. The average molecular weight is 391 g/mol. The second-order valence-corrected chi connectivity index (χ2v) is 10.9. The van der Waals surface area contributed by atoms with Gasteiger partial charge in [0.25, 0.3) is 0 Å². The van der Waals surface area contributed by atoms with Gasteiger partial charge in [0.15, 0.2) is 0 Å². The number of imidazole rings is 1. The van der Waals surface area contributed by atoms with Crippen LogP contribution in [0.15, 0.2) is 42.2 Å². The van der Waals surface area contributed by atoms with Crippen molar-refractivity contribution in [1.82, 2.24) is 9.55 Å². The molecule has 3 saturated carbocycles. The van der Waals surface area contributed by atoms with Gasteiger partial charge in [0.2, 0.25) is 0 Å². The minimum absolute atomic E-state index is 0.200. The van der Waals surface area contributed by atoms with E-state index in [1.165, 1.54) is 50.5 Å². The van der Waals surface area contributed by atoms with Crippen molar-refractivity contribution in [2.75, 3.05) is 0 Å². The van der Waals surface area contributed by atoms with Crippen molar-refractivity contribution in [3.05, 3.63) is 42.2 Å². The van der Waals surface area contributed by atoms with E-state index in [2.05, 4.69) is 55.1 Å². The van der Waals surface area contributed by atoms with Crippen molar-refractivity contribution in [2.24, 2.45) is 28.6 Å². The summed E-state index contributed by atoms with van der Waals surface area (Å²) in [6, 6.07) is 9.22. The smallest absolute Gasteiger partial charge is 0.0961 e. The molecule has 1 N–H and O–H groups in total. The largest absolute Gasteiger partial charge is 0.389 e. The van der Waals surface area contributed by atoms with E-state index in [9.17, 15) is 5.11 Å². The van der Waals surface area contributed by atoms with Gasteiger partial charge in [-0.15, -0.1) is 0 Å². The molecule has 1 heterocycles. The van der Waals surface area contributed by atoms with Crippen LogP contribution in [0.25, 0.3) is 11.0 Å². The zero-order valence-corrected chi connectivity index (χ0v) is 17.8. The van der Waals surface area contributed by atoms with Crippen molar-refractivity contribution in [2.45, 2.75) is 77.4 Å². The number of aromatic nitrogens is 2. The minimum Gasteiger partial charge on any atom is -0.389 e. The van der Waals surface area contributed by atoms with Gasteiger partial charge in [-0.05, 0) is 92.1 Å². The molecule has 29 heavy (non-hydrogen) atoms. The standard InChI is InChI=1S/C26H34N2O/c1-25-13-11-18(29)15-17(25)7-8-19-20-9-10-24(26(20,2)14-12-21(19)25)28-16-27-22-5-3-4-6-23(22)28/h3-6,15-16,18-21,24,29H,7-14H2,1-2H3. The number of hydrogen-bond donors (Lipinski definition) is 1. The van der Waals surface area contributed by atoms with Crippen LogP contribution in [0.4, 0.5) is 0 Å². The monoisotopic (exact) mass is 390 g/mol. The first kappa shape index (κ1) is 18.2. The highest BCUT2D eigenvalue weighted by atomic mass is 16.3. The Hall–Kier alpha value is -1.61. The Bertz CT molecular complexity index is 976. The van der Waals surface area contributed by atoms with E-state index in [0.29, 0.717) is 16.9 Å². The van der Waals surface area contributed by atoms with Crippen LogP contribution in [-0.4, -0.2) is 20.8 Å². The van der Waals surface area contributed by atoms with Crippen LogP contribution in [0.2, 0.25) is 0 Å². The summed E-state index contributed by atoms with van der Waals surface area (Å²) in [7, 11) is 0. The molecule has 0 saturated heterocycles. The number of aliphatic hydroxyl groups excluding tert-OH is 1. The molecule has 0 amide bonds. The molecule has 1 aromatic heterocycles. The Kier molecular flexibility index (Phi) is 3.89. The highest BCUT2D eigenvalue weighted by Gasteiger charge is 2.59. The van der Waals surface area contributed by atoms with Crippen molar-refractivity contribution in [1.29, 1.82) is 0 Å². The van der Waals surface area contributed by atoms with E-state index in [0.717, 1.165) is 29.7 Å². The Morgan fingerprint density at radius 3 is 2.76 bits per heavy atom. The summed E-state index contributed by atoms with van der Waals surface area (Å²) in [5.74, 6) is 2.50. The summed E-state index contributed by atoms with van der Waals surface area (Å²) in [6.45, 7) is 5.12. The van der Waals surface area contributed by atoms with Gasteiger partial charge in [0, 0.05) is 6.04 Å². The number of hydrogen-bond acceptors (Lipinski definition) is 2. The molecule has 3 heteroatoms. The van der Waals surface area contributed by atoms with Crippen molar-refractivity contribution in [3.8, 4) is 0 Å². The third-order valence-electron chi connectivity index (χ3n) is 9.86. The normalized spacial score (nSPS) is 44.1. The van der Waals surface area contributed by atoms with E-state index in [4.69, 9.17) is 4.98 Å². The van der Waals surface area contributed by atoms with E-state index in [1.54, 1.807) is 5.57 Å². The fourth-order valence-electron chi connectivity index (χ4n) is 8.37. The predicted molar refractivity (Wildman–Crippen MR) is 116 cm³/mol. The molecule has 4 aliphatic carbocycles. The summed E-state index contributed by atoms with van der Waals surface area (Å²) in [5, 5.41) is 10.2. The summed E-state index contributed by atoms with van der Waals surface area (Å²) >= 11 is 0. The lowest BCUT2D eigenvalue weighted by molar-refractivity contribution is -0.0525. The Morgan fingerprint density at radius 1 is 1.00 bits per heavy atom. The number of aliphatic hydroxyl groups is 1. The zero-order chi connectivity index (χ0) is 19.8. The van der Waals surface area contributed by atoms with Gasteiger partial charge in [-0.2, -0.15) is 0 Å². The van der Waals surface area contributed by atoms with Crippen LogP contribution in [-0.2, 0) is 0 Å². The molecule has 1 aromatic carbocycles. The molecule has 2 aromatic rings. The fraction of sp³-hybridized carbons (Fsp3) is 0.654. The van der Waals surface area contributed by atoms with E-state index in [1.807, 2.05) is 0 Å². The molecule has 7 atom stereocenters. The maximum Gasteiger partial charge on any atom is 0.0961 e. The highest BCUT2D eigenvalue weighted by molar-refractivity contribution is 5.75. The zero-order valence-electron chi connectivity index (χ0n) is 17.8. The van der Waals surface area contributed by atoms with Gasteiger partial charge in [0.05, 0.1) is 23.5 Å². The molecule has 3 nitrogen and oxygen atoms in total. The molecule has 0 spiro atoms. The highest BCUT2D eigenvalue weighted by Crippen LogP contribution is 2.67.